The molecule has 0 radical (unpaired) electrons. The highest BCUT2D eigenvalue weighted by molar-refractivity contribution is 5.98. The summed E-state index contributed by atoms with van der Waals surface area (Å²) < 4.78 is 5.13. The van der Waals surface area contributed by atoms with Gasteiger partial charge in [-0.25, -0.2) is 0 Å². The van der Waals surface area contributed by atoms with E-state index < -0.39 is 6.04 Å². The summed E-state index contributed by atoms with van der Waals surface area (Å²) in [6.07, 6.45) is 1.48. The molecule has 0 unspecified atom stereocenters. The number of carbonyl (C=O) groups is 2. The SMILES string of the molecule is COc1ccc(C#CC(=O)N2C[C@H](CC(C)C)NC(=O)[C@@H]2CC(C)C)cc1. The Bertz CT molecular complexity index is 713. The first kappa shape index (κ1) is 20.8. The number of carbonyl (C=O) groups excluding carboxylic acids is 2. The minimum absolute atomic E-state index is 0.0207. The molecular weight excluding hydrogens is 340 g/mol. The predicted molar refractivity (Wildman–Crippen MR) is 106 cm³/mol. The molecule has 2 atom stereocenters. The average molecular weight is 370 g/mol. The summed E-state index contributed by atoms with van der Waals surface area (Å²) in [5.41, 5.74) is 0.741. The summed E-state index contributed by atoms with van der Waals surface area (Å²) in [6, 6.07) is 6.77. The number of hydrogen-bond donors (Lipinski definition) is 1. The number of benzene rings is 1. The van der Waals surface area contributed by atoms with Gasteiger partial charge in [0.1, 0.15) is 11.8 Å². The molecule has 0 aliphatic carbocycles. The second-order valence-electron chi connectivity index (χ2n) is 7.92. The van der Waals surface area contributed by atoms with Crippen LogP contribution in [0.5, 0.6) is 5.75 Å². The Labute approximate surface area is 162 Å². The van der Waals surface area contributed by atoms with Crippen molar-refractivity contribution < 1.29 is 14.3 Å². The maximum absolute atomic E-state index is 12.8. The molecule has 1 heterocycles. The highest BCUT2D eigenvalue weighted by Crippen LogP contribution is 2.19. The Morgan fingerprint density at radius 1 is 1.19 bits per heavy atom. The first-order chi connectivity index (χ1) is 12.8. The molecule has 0 saturated carbocycles. The van der Waals surface area contributed by atoms with Crippen molar-refractivity contribution in [1.29, 1.82) is 0 Å². The Balaban J connectivity index is 2.18. The second kappa shape index (κ2) is 9.45. The van der Waals surface area contributed by atoms with E-state index in [4.69, 9.17) is 4.74 Å². The summed E-state index contributed by atoms with van der Waals surface area (Å²) in [5.74, 6) is 6.77. The third kappa shape index (κ3) is 6.02. The molecule has 1 N–H and O–H groups in total. The smallest absolute Gasteiger partial charge is 0.299 e. The van der Waals surface area contributed by atoms with Crippen molar-refractivity contribution in [3.8, 4) is 17.6 Å². The highest BCUT2D eigenvalue weighted by atomic mass is 16.5. The van der Waals surface area contributed by atoms with Crippen molar-refractivity contribution in [3.05, 3.63) is 29.8 Å². The van der Waals surface area contributed by atoms with Crippen LogP contribution in [0.4, 0.5) is 0 Å². The standard InChI is InChI=1S/C22H30N2O3/c1-15(2)12-18-14-24(20(13-16(3)4)22(26)23-18)21(25)11-8-17-6-9-19(27-5)10-7-17/h6-7,9-10,15-16,18,20H,12-14H2,1-5H3,(H,23,26)/t18-,20-/m0/s1. The third-order valence-electron chi connectivity index (χ3n) is 4.56. The molecule has 2 rings (SSSR count). The van der Waals surface area contributed by atoms with Crippen LogP contribution in [0.2, 0.25) is 0 Å². The van der Waals surface area contributed by atoms with E-state index in [0.717, 1.165) is 17.7 Å². The van der Waals surface area contributed by atoms with Crippen molar-refractivity contribution >= 4 is 11.8 Å². The van der Waals surface area contributed by atoms with E-state index in [9.17, 15) is 9.59 Å². The van der Waals surface area contributed by atoms with Gasteiger partial charge in [0.15, 0.2) is 0 Å². The molecule has 1 saturated heterocycles. The molecule has 1 aliphatic heterocycles. The predicted octanol–water partition coefficient (Wildman–Crippen LogP) is 2.83. The van der Waals surface area contributed by atoms with Crippen LogP contribution >= 0.6 is 0 Å². The lowest BCUT2D eigenvalue weighted by molar-refractivity contribution is -0.142. The van der Waals surface area contributed by atoms with Gasteiger partial charge in [-0.2, -0.15) is 0 Å². The highest BCUT2D eigenvalue weighted by Gasteiger charge is 2.37. The molecule has 146 valence electrons. The van der Waals surface area contributed by atoms with Crippen LogP contribution in [0.3, 0.4) is 0 Å². The molecular formula is C22H30N2O3. The molecule has 1 aromatic carbocycles. The topological polar surface area (TPSA) is 58.6 Å². The Kier molecular flexibility index (Phi) is 7.29. The summed E-state index contributed by atoms with van der Waals surface area (Å²) >= 11 is 0. The van der Waals surface area contributed by atoms with E-state index in [0.29, 0.717) is 24.8 Å². The fourth-order valence-electron chi connectivity index (χ4n) is 3.33. The van der Waals surface area contributed by atoms with Gasteiger partial charge in [-0.1, -0.05) is 33.6 Å². The fourth-order valence-corrected chi connectivity index (χ4v) is 3.33. The van der Waals surface area contributed by atoms with Gasteiger partial charge < -0.3 is 15.0 Å². The summed E-state index contributed by atoms with van der Waals surface area (Å²) in [6.45, 7) is 8.85. The van der Waals surface area contributed by atoms with Crippen LogP contribution in [0.25, 0.3) is 0 Å². The molecule has 2 amide bonds. The molecule has 5 nitrogen and oxygen atoms in total. The van der Waals surface area contributed by atoms with Crippen LogP contribution in [-0.4, -0.2) is 42.5 Å². The lowest BCUT2D eigenvalue weighted by Gasteiger charge is -2.39. The lowest BCUT2D eigenvalue weighted by Crippen LogP contribution is -2.61. The molecule has 0 bridgehead atoms. The van der Waals surface area contributed by atoms with Gasteiger partial charge in [-0.05, 0) is 48.9 Å². The first-order valence-electron chi connectivity index (χ1n) is 9.57. The van der Waals surface area contributed by atoms with Gasteiger partial charge in [0, 0.05) is 24.1 Å². The number of methoxy groups -OCH3 is 1. The van der Waals surface area contributed by atoms with Crippen molar-refractivity contribution in [2.24, 2.45) is 11.8 Å². The van der Waals surface area contributed by atoms with E-state index in [1.807, 2.05) is 24.3 Å². The first-order valence-corrected chi connectivity index (χ1v) is 9.57. The summed E-state index contributed by atoms with van der Waals surface area (Å²) in [7, 11) is 1.61. The molecule has 1 aromatic rings. The van der Waals surface area contributed by atoms with Crippen molar-refractivity contribution in [2.45, 2.75) is 52.6 Å². The minimum Gasteiger partial charge on any atom is -0.497 e. The normalized spacial score (nSPS) is 19.5. The van der Waals surface area contributed by atoms with Gasteiger partial charge in [0.2, 0.25) is 5.91 Å². The number of piperazine rings is 1. The quantitative estimate of drug-likeness (QED) is 0.811. The Hall–Kier alpha value is -2.48. The van der Waals surface area contributed by atoms with Crippen LogP contribution in [0, 0.1) is 23.7 Å². The van der Waals surface area contributed by atoms with Gasteiger partial charge in [0.05, 0.1) is 7.11 Å². The average Bonchev–Trinajstić information content (AvgIpc) is 2.61. The molecule has 5 heteroatoms. The zero-order chi connectivity index (χ0) is 20.0. The van der Waals surface area contributed by atoms with Crippen molar-refractivity contribution in [1.82, 2.24) is 10.2 Å². The minimum atomic E-state index is -0.453. The summed E-state index contributed by atoms with van der Waals surface area (Å²) in [4.78, 5) is 27.1. The number of hydrogen-bond acceptors (Lipinski definition) is 3. The number of rotatable bonds is 5. The van der Waals surface area contributed by atoms with E-state index in [2.05, 4.69) is 44.9 Å². The van der Waals surface area contributed by atoms with E-state index in [-0.39, 0.29) is 17.9 Å². The zero-order valence-corrected chi connectivity index (χ0v) is 16.9. The van der Waals surface area contributed by atoms with E-state index >= 15 is 0 Å². The molecule has 0 aromatic heterocycles. The molecule has 1 fully saturated rings. The van der Waals surface area contributed by atoms with Crippen LogP contribution < -0.4 is 10.1 Å². The fraction of sp³-hybridized carbons (Fsp3) is 0.545. The van der Waals surface area contributed by atoms with E-state index in [1.54, 1.807) is 12.0 Å². The number of amides is 2. The number of ether oxygens (including phenoxy) is 1. The van der Waals surface area contributed by atoms with Gasteiger partial charge >= 0.3 is 0 Å². The largest absolute Gasteiger partial charge is 0.497 e. The maximum atomic E-state index is 12.8. The summed E-state index contributed by atoms with van der Waals surface area (Å²) in [5, 5.41) is 3.08. The molecule has 27 heavy (non-hydrogen) atoms. The Morgan fingerprint density at radius 3 is 2.37 bits per heavy atom. The van der Waals surface area contributed by atoms with Crippen LogP contribution in [-0.2, 0) is 9.59 Å². The van der Waals surface area contributed by atoms with Gasteiger partial charge in [0.25, 0.3) is 5.91 Å². The maximum Gasteiger partial charge on any atom is 0.299 e. The molecule has 1 aliphatic rings. The zero-order valence-electron chi connectivity index (χ0n) is 16.9. The van der Waals surface area contributed by atoms with Gasteiger partial charge in [-0.15, -0.1) is 0 Å². The van der Waals surface area contributed by atoms with E-state index in [1.165, 1.54) is 0 Å². The monoisotopic (exact) mass is 370 g/mol. The lowest BCUT2D eigenvalue weighted by atomic mass is 9.95. The second-order valence-corrected chi connectivity index (χ2v) is 7.92. The van der Waals surface area contributed by atoms with Crippen molar-refractivity contribution in [3.63, 3.8) is 0 Å². The molecule has 0 spiro atoms. The van der Waals surface area contributed by atoms with Crippen molar-refractivity contribution in [2.75, 3.05) is 13.7 Å². The third-order valence-corrected chi connectivity index (χ3v) is 4.56. The van der Waals surface area contributed by atoms with Crippen LogP contribution in [0.1, 0.15) is 46.1 Å². The van der Waals surface area contributed by atoms with Gasteiger partial charge in [-0.3, -0.25) is 9.59 Å². The van der Waals surface area contributed by atoms with Crippen LogP contribution in [0.15, 0.2) is 24.3 Å². The Morgan fingerprint density at radius 2 is 1.81 bits per heavy atom. The number of nitrogens with one attached hydrogen (secondary N) is 1. The number of nitrogens with zero attached hydrogens (tertiary/aromatic N) is 1.